The van der Waals surface area contributed by atoms with E-state index in [1.54, 1.807) is 6.20 Å². The number of hydrogen-bond donors (Lipinski definition) is 7. The van der Waals surface area contributed by atoms with Gasteiger partial charge in [-0.15, -0.1) is 0 Å². The van der Waals surface area contributed by atoms with Crippen LogP contribution >= 0.6 is 23.5 Å². The van der Waals surface area contributed by atoms with Crippen LogP contribution in [0.2, 0.25) is 0 Å². The van der Waals surface area contributed by atoms with Crippen LogP contribution in [0.25, 0.3) is 10.9 Å². The zero-order valence-corrected chi connectivity index (χ0v) is 23.4. The summed E-state index contributed by atoms with van der Waals surface area (Å²) in [6.45, 7) is 0. The van der Waals surface area contributed by atoms with E-state index in [1.807, 2.05) is 36.8 Å². The fourth-order valence-corrected chi connectivity index (χ4v) is 4.77. The fourth-order valence-electron chi connectivity index (χ4n) is 3.83. The van der Waals surface area contributed by atoms with Crippen LogP contribution in [0.4, 0.5) is 0 Å². The number of thioether (sulfide) groups is 2. The first-order valence-electron chi connectivity index (χ1n) is 12.2. The molecule has 0 saturated heterocycles. The maximum absolute atomic E-state index is 13.3. The van der Waals surface area contributed by atoms with Crippen LogP contribution in [-0.2, 0) is 30.4 Å². The van der Waals surface area contributed by atoms with Gasteiger partial charge in [-0.1, -0.05) is 18.2 Å². The normalized spacial score (nSPS) is 14.1. The molecule has 14 heteroatoms. The number of nitrogens with one attached hydrogen (secondary N) is 4. The Labute approximate surface area is 234 Å². The summed E-state index contributed by atoms with van der Waals surface area (Å²) in [4.78, 5) is 64.9. The van der Waals surface area contributed by atoms with Gasteiger partial charge in [-0.05, 0) is 48.5 Å². The average molecular weight is 582 g/mol. The minimum absolute atomic E-state index is 0.0537. The molecule has 1 aromatic heterocycles. The fraction of sp³-hybridized carbons (Fsp3) is 0.480. The molecule has 8 N–H and O–H groups in total. The quantitative estimate of drug-likeness (QED) is 0.138. The van der Waals surface area contributed by atoms with Crippen LogP contribution in [0.15, 0.2) is 30.5 Å². The van der Waals surface area contributed by atoms with Crippen molar-refractivity contribution in [3.05, 3.63) is 36.0 Å². The van der Waals surface area contributed by atoms with Gasteiger partial charge in [0.05, 0.1) is 12.5 Å². The van der Waals surface area contributed by atoms with Gasteiger partial charge < -0.3 is 36.9 Å². The van der Waals surface area contributed by atoms with Gasteiger partial charge in [-0.2, -0.15) is 23.5 Å². The summed E-state index contributed by atoms with van der Waals surface area (Å²) in [5, 5.41) is 27.0. The van der Waals surface area contributed by atoms with E-state index >= 15 is 0 Å². The van der Waals surface area contributed by atoms with Gasteiger partial charge in [0.25, 0.3) is 0 Å². The van der Waals surface area contributed by atoms with Crippen LogP contribution < -0.4 is 21.7 Å². The van der Waals surface area contributed by atoms with Crippen LogP contribution in [0.5, 0.6) is 0 Å². The van der Waals surface area contributed by atoms with E-state index < -0.39 is 60.2 Å². The van der Waals surface area contributed by atoms with Crippen molar-refractivity contribution in [2.75, 3.05) is 24.0 Å². The van der Waals surface area contributed by atoms with Crippen molar-refractivity contribution < 1.29 is 34.2 Å². The molecule has 3 amide bonds. The van der Waals surface area contributed by atoms with Crippen molar-refractivity contribution in [2.24, 2.45) is 5.73 Å². The number of para-hydroxylation sites is 1. The molecule has 0 aliphatic heterocycles. The maximum atomic E-state index is 13.3. The maximum Gasteiger partial charge on any atom is 0.326 e. The summed E-state index contributed by atoms with van der Waals surface area (Å²) in [5.74, 6) is -3.60. The van der Waals surface area contributed by atoms with Crippen LogP contribution in [0.3, 0.4) is 0 Å². The molecule has 2 aromatic rings. The first kappa shape index (κ1) is 32.0. The molecule has 0 saturated carbocycles. The van der Waals surface area contributed by atoms with Crippen molar-refractivity contribution in [1.29, 1.82) is 0 Å². The molecule has 4 unspecified atom stereocenters. The number of carboxylic acids is 2. The number of aromatic amines is 1. The van der Waals surface area contributed by atoms with E-state index in [0.29, 0.717) is 11.5 Å². The summed E-state index contributed by atoms with van der Waals surface area (Å²) >= 11 is 2.88. The number of carbonyl (C=O) groups excluding carboxylic acids is 3. The van der Waals surface area contributed by atoms with Gasteiger partial charge in [0.15, 0.2) is 0 Å². The van der Waals surface area contributed by atoms with Crippen molar-refractivity contribution in [3.63, 3.8) is 0 Å². The van der Waals surface area contributed by atoms with Crippen molar-refractivity contribution >= 4 is 64.1 Å². The zero-order chi connectivity index (χ0) is 28.9. The summed E-state index contributed by atoms with van der Waals surface area (Å²) < 4.78 is 0. The molecule has 0 aliphatic carbocycles. The third-order valence-electron chi connectivity index (χ3n) is 5.93. The number of amides is 3. The standard InChI is InChI=1S/C25H35N5O7S2/c1-38-9-7-18(28-22(33)16(26)12-21(31)32)23(34)30-20(24(35)29-19(25(36)37)8-10-39-2)11-14-13-27-17-6-4-3-5-15(14)17/h3-6,13,16,18-20,27H,7-12,26H2,1-2H3,(H,28,33)(H,29,35)(H,30,34)(H,31,32)(H,36,37). The third kappa shape index (κ3) is 10.1. The molecule has 39 heavy (non-hydrogen) atoms. The van der Waals surface area contributed by atoms with Gasteiger partial charge in [0.1, 0.15) is 18.1 Å². The number of H-pyrrole nitrogens is 1. The number of hydrogen-bond acceptors (Lipinski definition) is 8. The van der Waals surface area contributed by atoms with Gasteiger partial charge in [-0.25, -0.2) is 4.79 Å². The molecule has 12 nitrogen and oxygen atoms in total. The number of fused-ring (bicyclic) bond motifs is 1. The van der Waals surface area contributed by atoms with Crippen molar-refractivity contribution in [3.8, 4) is 0 Å². The summed E-state index contributed by atoms with van der Waals surface area (Å²) in [6.07, 6.45) is 5.21. The molecule has 0 radical (unpaired) electrons. The van der Waals surface area contributed by atoms with E-state index in [1.165, 1.54) is 23.5 Å². The number of aromatic nitrogens is 1. The minimum Gasteiger partial charge on any atom is -0.481 e. The molecule has 0 aliphatic rings. The van der Waals surface area contributed by atoms with Gasteiger partial charge in [0, 0.05) is 23.5 Å². The Morgan fingerprint density at radius 3 is 2.05 bits per heavy atom. The summed E-state index contributed by atoms with van der Waals surface area (Å²) in [7, 11) is 0. The van der Waals surface area contributed by atoms with E-state index in [4.69, 9.17) is 10.8 Å². The summed E-state index contributed by atoms with van der Waals surface area (Å²) in [6, 6.07) is 2.67. The minimum atomic E-state index is -1.36. The molecule has 0 bridgehead atoms. The van der Waals surface area contributed by atoms with E-state index in [0.717, 1.165) is 16.5 Å². The molecule has 1 heterocycles. The molecular formula is C25H35N5O7S2. The lowest BCUT2D eigenvalue weighted by Crippen LogP contribution is -2.57. The van der Waals surface area contributed by atoms with E-state index in [9.17, 15) is 29.1 Å². The zero-order valence-electron chi connectivity index (χ0n) is 21.8. The Morgan fingerprint density at radius 2 is 1.44 bits per heavy atom. The third-order valence-corrected chi connectivity index (χ3v) is 7.22. The lowest BCUT2D eigenvalue weighted by atomic mass is 10.0. The number of aliphatic carboxylic acids is 2. The highest BCUT2D eigenvalue weighted by atomic mass is 32.2. The van der Waals surface area contributed by atoms with Crippen molar-refractivity contribution in [1.82, 2.24) is 20.9 Å². The predicted molar refractivity (Wildman–Crippen MR) is 152 cm³/mol. The number of carbonyl (C=O) groups is 5. The molecule has 0 fully saturated rings. The van der Waals surface area contributed by atoms with E-state index in [-0.39, 0.29) is 19.3 Å². The molecular weight excluding hydrogens is 546 g/mol. The number of carboxylic acid groups (broad SMARTS) is 2. The lowest BCUT2D eigenvalue weighted by Gasteiger charge is -2.25. The topological polar surface area (TPSA) is 204 Å². The van der Waals surface area contributed by atoms with Crippen LogP contribution in [-0.4, -0.2) is 93.0 Å². The summed E-state index contributed by atoms with van der Waals surface area (Å²) in [5.41, 5.74) is 7.22. The number of rotatable bonds is 17. The first-order chi connectivity index (χ1) is 18.6. The van der Waals surface area contributed by atoms with Crippen LogP contribution in [0.1, 0.15) is 24.8 Å². The Balaban J connectivity index is 2.29. The van der Waals surface area contributed by atoms with E-state index in [2.05, 4.69) is 20.9 Å². The van der Waals surface area contributed by atoms with Gasteiger partial charge >= 0.3 is 11.9 Å². The number of benzene rings is 1. The molecule has 2 rings (SSSR count). The first-order valence-corrected chi connectivity index (χ1v) is 15.0. The largest absolute Gasteiger partial charge is 0.481 e. The second kappa shape index (κ2) is 16.0. The smallest absolute Gasteiger partial charge is 0.326 e. The molecule has 4 atom stereocenters. The Kier molecular flexibility index (Phi) is 13.1. The Bertz CT molecular complexity index is 1160. The van der Waals surface area contributed by atoms with Crippen LogP contribution in [0, 0.1) is 0 Å². The molecule has 0 spiro atoms. The number of nitrogens with two attached hydrogens (primary N) is 1. The molecule has 1 aromatic carbocycles. The van der Waals surface area contributed by atoms with Gasteiger partial charge in [0.2, 0.25) is 17.7 Å². The average Bonchev–Trinajstić information content (AvgIpc) is 3.30. The van der Waals surface area contributed by atoms with Gasteiger partial charge in [-0.3, -0.25) is 19.2 Å². The highest BCUT2D eigenvalue weighted by Gasteiger charge is 2.31. The second-order valence-electron chi connectivity index (χ2n) is 8.85. The SMILES string of the molecule is CSCCC(NC(=O)C(Cc1c[nH]c2ccccc12)NC(=O)C(CCSC)NC(=O)C(N)CC(=O)O)C(=O)O. The monoisotopic (exact) mass is 581 g/mol. The lowest BCUT2D eigenvalue weighted by molar-refractivity contribution is -0.142. The van der Waals surface area contributed by atoms with Crippen molar-refractivity contribution in [2.45, 2.75) is 49.9 Å². The second-order valence-corrected chi connectivity index (χ2v) is 10.8. The Morgan fingerprint density at radius 1 is 0.872 bits per heavy atom. The predicted octanol–water partition coefficient (Wildman–Crippen LogP) is 0.558. The highest BCUT2D eigenvalue weighted by Crippen LogP contribution is 2.19. The molecule has 214 valence electrons. The Hall–Kier alpha value is -3.23. The highest BCUT2D eigenvalue weighted by molar-refractivity contribution is 7.98.